The predicted molar refractivity (Wildman–Crippen MR) is 54.2 cm³/mol. The van der Waals surface area contributed by atoms with Crippen molar-refractivity contribution in [2.75, 3.05) is 5.43 Å². The smallest absolute Gasteiger partial charge is 0.148 e. The van der Waals surface area contributed by atoms with E-state index in [9.17, 15) is 4.39 Å². The molecule has 1 aromatic carbocycles. The average Bonchev–Trinajstić information content (AvgIpc) is 1.88. The number of nitrogen functional groups attached to an aromatic ring is 1. The van der Waals surface area contributed by atoms with Gasteiger partial charge in [0.15, 0.2) is 0 Å². The molecule has 0 bridgehead atoms. The van der Waals surface area contributed by atoms with Crippen molar-refractivity contribution >= 4 is 40.7 Å². The number of rotatable bonds is 1. The molecule has 3 N–H and O–H groups in total. The van der Waals surface area contributed by atoms with E-state index in [2.05, 4.69) is 5.43 Å². The number of hydrazine groups is 1. The number of hydrogen-bond acceptors (Lipinski definition) is 2. The zero-order valence-corrected chi connectivity index (χ0v) is 8.45. The van der Waals surface area contributed by atoms with Gasteiger partial charge in [-0.15, -0.1) is 12.4 Å². The molecule has 5 heteroatoms. The molecule has 0 fully saturated rings. The van der Waals surface area contributed by atoms with Gasteiger partial charge < -0.3 is 5.43 Å². The van der Waals surface area contributed by atoms with Gasteiger partial charge in [0, 0.05) is 3.57 Å². The lowest BCUT2D eigenvalue weighted by Crippen LogP contribution is -2.08. The number of nitrogens with two attached hydrogens (primary N) is 1. The van der Waals surface area contributed by atoms with E-state index in [1.54, 1.807) is 12.1 Å². The van der Waals surface area contributed by atoms with Crippen LogP contribution in [0.25, 0.3) is 0 Å². The Hall–Kier alpha value is -0.0700. The Kier molecular flexibility index (Phi) is 4.71. The van der Waals surface area contributed by atoms with E-state index in [0.29, 0.717) is 5.69 Å². The van der Waals surface area contributed by atoms with Crippen LogP contribution in [0.5, 0.6) is 0 Å². The van der Waals surface area contributed by atoms with Crippen LogP contribution in [0.1, 0.15) is 0 Å². The number of anilines is 1. The Balaban J connectivity index is 0.000001000. The first-order valence-corrected chi connectivity index (χ1v) is 3.73. The predicted octanol–water partition coefficient (Wildman–Crippen LogP) is 2.14. The summed E-state index contributed by atoms with van der Waals surface area (Å²) >= 11 is 2.03. The third-order valence-corrected chi connectivity index (χ3v) is 1.76. The summed E-state index contributed by atoms with van der Waals surface area (Å²) < 4.78 is 13.6. The third-order valence-electron chi connectivity index (χ3n) is 1.09. The Morgan fingerprint density at radius 2 is 2.09 bits per heavy atom. The average molecular weight is 288 g/mol. The normalized spacial score (nSPS) is 8.64. The second-order valence-electron chi connectivity index (χ2n) is 1.77. The highest BCUT2D eigenvalue weighted by atomic mass is 127. The summed E-state index contributed by atoms with van der Waals surface area (Å²) in [4.78, 5) is 0. The second-order valence-corrected chi connectivity index (χ2v) is 3.01. The fourth-order valence-electron chi connectivity index (χ4n) is 0.607. The van der Waals surface area contributed by atoms with Gasteiger partial charge in [-0.05, 0) is 40.8 Å². The standard InChI is InChI=1S/C6H6FIN2.ClH/c7-5-3-4(8)1-2-6(5)10-9;/h1-3,10H,9H2;1H. The summed E-state index contributed by atoms with van der Waals surface area (Å²) in [5.74, 6) is 4.68. The second kappa shape index (κ2) is 4.74. The topological polar surface area (TPSA) is 38.0 Å². The molecule has 0 aromatic heterocycles. The van der Waals surface area contributed by atoms with Crippen molar-refractivity contribution in [1.82, 2.24) is 0 Å². The highest BCUT2D eigenvalue weighted by molar-refractivity contribution is 14.1. The molecule has 0 saturated carbocycles. The van der Waals surface area contributed by atoms with Crippen LogP contribution in [0.15, 0.2) is 18.2 Å². The minimum Gasteiger partial charge on any atom is -0.321 e. The van der Waals surface area contributed by atoms with Crippen LogP contribution >= 0.6 is 35.0 Å². The molecule has 62 valence electrons. The van der Waals surface area contributed by atoms with Gasteiger partial charge in [0.05, 0.1) is 5.69 Å². The molecule has 0 heterocycles. The molecule has 0 saturated heterocycles. The Morgan fingerprint density at radius 1 is 1.45 bits per heavy atom. The minimum atomic E-state index is -0.325. The van der Waals surface area contributed by atoms with Gasteiger partial charge in [-0.1, -0.05) is 0 Å². The molecule has 1 aromatic rings. The van der Waals surface area contributed by atoms with Gasteiger partial charge in [0.1, 0.15) is 5.82 Å². The summed E-state index contributed by atoms with van der Waals surface area (Å²) in [7, 11) is 0. The summed E-state index contributed by atoms with van der Waals surface area (Å²) in [5, 5.41) is 0. The lowest BCUT2D eigenvalue weighted by molar-refractivity contribution is 0.629. The fraction of sp³-hybridized carbons (Fsp3) is 0. The van der Waals surface area contributed by atoms with Gasteiger partial charge >= 0.3 is 0 Å². The first-order valence-electron chi connectivity index (χ1n) is 2.65. The van der Waals surface area contributed by atoms with Crippen molar-refractivity contribution in [3.63, 3.8) is 0 Å². The van der Waals surface area contributed by atoms with E-state index in [0.717, 1.165) is 3.57 Å². The molecular formula is C6H7ClFIN2. The van der Waals surface area contributed by atoms with Crippen LogP contribution in [0.4, 0.5) is 10.1 Å². The first kappa shape index (κ1) is 10.9. The van der Waals surface area contributed by atoms with E-state index in [-0.39, 0.29) is 18.2 Å². The quantitative estimate of drug-likeness (QED) is 0.472. The summed E-state index contributed by atoms with van der Waals surface area (Å²) in [6.07, 6.45) is 0. The number of nitrogens with one attached hydrogen (secondary N) is 1. The maximum Gasteiger partial charge on any atom is 0.148 e. The molecule has 0 amide bonds. The first-order chi connectivity index (χ1) is 4.74. The molecule has 0 aliphatic carbocycles. The monoisotopic (exact) mass is 288 g/mol. The molecule has 1 rings (SSSR count). The van der Waals surface area contributed by atoms with E-state index in [1.165, 1.54) is 6.07 Å². The Morgan fingerprint density at radius 3 is 2.55 bits per heavy atom. The van der Waals surface area contributed by atoms with E-state index >= 15 is 0 Å². The van der Waals surface area contributed by atoms with E-state index in [4.69, 9.17) is 5.84 Å². The van der Waals surface area contributed by atoms with Crippen LogP contribution in [0, 0.1) is 9.39 Å². The number of halogens is 3. The van der Waals surface area contributed by atoms with Crippen molar-refractivity contribution in [2.45, 2.75) is 0 Å². The SMILES string of the molecule is Cl.NNc1ccc(I)cc1F. The third kappa shape index (κ3) is 2.80. The summed E-state index contributed by atoms with van der Waals surface area (Å²) in [5.41, 5.74) is 2.56. The minimum absolute atomic E-state index is 0. The van der Waals surface area contributed by atoms with E-state index < -0.39 is 0 Å². The number of benzene rings is 1. The Labute approximate surface area is 83.9 Å². The molecule has 0 aliphatic heterocycles. The molecule has 11 heavy (non-hydrogen) atoms. The van der Waals surface area contributed by atoms with Crippen LogP contribution in [0.3, 0.4) is 0 Å². The van der Waals surface area contributed by atoms with Crippen LogP contribution in [-0.4, -0.2) is 0 Å². The molecule has 0 atom stereocenters. The van der Waals surface area contributed by atoms with Crippen molar-refractivity contribution in [2.24, 2.45) is 5.84 Å². The maximum absolute atomic E-state index is 12.7. The largest absolute Gasteiger partial charge is 0.321 e. The molecule has 2 nitrogen and oxygen atoms in total. The van der Waals surface area contributed by atoms with Crippen LogP contribution in [0.2, 0.25) is 0 Å². The van der Waals surface area contributed by atoms with Gasteiger partial charge in [-0.2, -0.15) is 0 Å². The van der Waals surface area contributed by atoms with E-state index in [1.807, 2.05) is 22.6 Å². The zero-order valence-electron chi connectivity index (χ0n) is 5.47. The van der Waals surface area contributed by atoms with Crippen molar-refractivity contribution in [3.8, 4) is 0 Å². The van der Waals surface area contributed by atoms with Crippen LogP contribution in [-0.2, 0) is 0 Å². The lowest BCUT2D eigenvalue weighted by Gasteiger charge is -2.00. The molecule has 0 aliphatic rings. The Bertz CT molecular complexity index is 244. The number of hydrogen-bond donors (Lipinski definition) is 2. The van der Waals surface area contributed by atoms with Crippen molar-refractivity contribution < 1.29 is 4.39 Å². The molecular weight excluding hydrogens is 281 g/mol. The molecule has 0 spiro atoms. The van der Waals surface area contributed by atoms with Crippen LogP contribution < -0.4 is 11.3 Å². The maximum atomic E-state index is 12.7. The highest BCUT2D eigenvalue weighted by Gasteiger charge is 1.98. The summed E-state index contributed by atoms with van der Waals surface area (Å²) in [6, 6.07) is 4.78. The van der Waals surface area contributed by atoms with Gasteiger partial charge in [0.2, 0.25) is 0 Å². The van der Waals surface area contributed by atoms with Gasteiger partial charge in [-0.25, -0.2) is 4.39 Å². The summed E-state index contributed by atoms with van der Waals surface area (Å²) in [6.45, 7) is 0. The molecule has 0 radical (unpaired) electrons. The molecule has 0 unspecified atom stereocenters. The van der Waals surface area contributed by atoms with Gasteiger partial charge in [-0.3, -0.25) is 5.84 Å². The zero-order chi connectivity index (χ0) is 7.56. The lowest BCUT2D eigenvalue weighted by atomic mass is 10.3. The highest BCUT2D eigenvalue weighted by Crippen LogP contribution is 2.15. The van der Waals surface area contributed by atoms with Crippen molar-refractivity contribution in [1.29, 1.82) is 0 Å². The van der Waals surface area contributed by atoms with Crippen molar-refractivity contribution in [3.05, 3.63) is 27.6 Å². The fourth-order valence-corrected chi connectivity index (χ4v) is 1.06. The van der Waals surface area contributed by atoms with Gasteiger partial charge in [0.25, 0.3) is 0 Å².